The second-order valence-corrected chi connectivity index (χ2v) is 4.65. The van der Waals surface area contributed by atoms with Crippen molar-refractivity contribution < 1.29 is 13.0 Å². The van der Waals surface area contributed by atoms with Crippen LogP contribution in [0.3, 0.4) is 0 Å². The van der Waals surface area contributed by atoms with Gasteiger partial charge in [0.1, 0.15) is 5.25 Å². The topological polar surface area (TPSA) is 127 Å². The fraction of sp³-hybridized carbons (Fsp3) is 0.143. The number of imidazole rings is 1. The number of aromatic amines is 2. The third kappa shape index (κ3) is 1.64. The molecule has 0 aromatic carbocycles. The van der Waals surface area contributed by atoms with E-state index in [9.17, 15) is 13.2 Å². The van der Waals surface area contributed by atoms with Crippen molar-refractivity contribution in [3.8, 4) is 0 Å². The van der Waals surface area contributed by atoms with Crippen molar-refractivity contribution in [2.75, 3.05) is 0 Å². The summed E-state index contributed by atoms with van der Waals surface area (Å²) in [6.07, 6.45) is 2.30. The van der Waals surface area contributed by atoms with Gasteiger partial charge in [0.2, 0.25) is 0 Å². The summed E-state index contributed by atoms with van der Waals surface area (Å²) in [6, 6.07) is 0. The number of fused-ring (bicyclic) bond motifs is 1. The third-order valence-electron chi connectivity index (χ3n) is 2.03. The van der Waals surface area contributed by atoms with Crippen LogP contribution in [-0.4, -0.2) is 33.9 Å². The average Bonchev–Trinajstić information content (AvgIpc) is 2.40. The van der Waals surface area contributed by atoms with Gasteiger partial charge >= 0.3 is 5.69 Å². The normalized spacial score (nSPS) is 20.3. The Bertz CT molecular complexity index is 693. The summed E-state index contributed by atoms with van der Waals surface area (Å²) in [5.74, 6) is 0. The van der Waals surface area contributed by atoms with Gasteiger partial charge in [-0.25, -0.2) is 4.79 Å². The highest BCUT2D eigenvalue weighted by Gasteiger charge is 2.26. The Morgan fingerprint density at radius 3 is 2.53 bits per heavy atom. The molecule has 0 aliphatic heterocycles. The lowest BCUT2D eigenvalue weighted by molar-refractivity contribution is 0.483. The molecule has 1 aliphatic carbocycles. The zero-order valence-corrected chi connectivity index (χ0v) is 8.13. The predicted molar refractivity (Wildman–Crippen MR) is 52.7 cm³/mol. The van der Waals surface area contributed by atoms with Gasteiger partial charge in [0.25, 0.3) is 10.1 Å². The smallest absolute Gasteiger partial charge is 0.306 e. The zero-order chi connectivity index (χ0) is 11.2. The summed E-state index contributed by atoms with van der Waals surface area (Å²) in [5.41, 5.74) is -0.781. The maximum atomic E-state index is 10.9. The van der Waals surface area contributed by atoms with E-state index >= 15 is 0 Å². The van der Waals surface area contributed by atoms with Crippen LogP contribution in [0.1, 0.15) is 0 Å². The first-order valence-corrected chi connectivity index (χ1v) is 5.45. The molecule has 1 aromatic rings. The SMILES string of the molecule is N=C1C=c2[nH]c(=O)[nH]c2=CC1S(=O)(=O)O. The number of rotatable bonds is 1. The van der Waals surface area contributed by atoms with Crippen LogP contribution >= 0.6 is 0 Å². The molecule has 7 nitrogen and oxygen atoms in total. The molecular weight excluding hydrogens is 222 g/mol. The Kier molecular flexibility index (Phi) is 1.91. The van der Waals surface area contributed by atoms with Crippen LogP contribution < -0.4 is 16.4 Å². The lowest BCUT2D eigenvalue weighted by Gasteiger charge is -2.09. The van der Waals surface area contributed by atoms with Gasteiger partial charge < -0.3 is 15.4 Å². The van der Waals surface area contributed by atoms with E-state index in [4.69, 9.17) is 9.96 Å². The van der Waals surface area contributed by atoms with Crippen molar-refractivity contribution in [3.63, 3.8) is 0 Å². The van der Waals surface area contributed by atoms with Crippen molar-refractivity contribution in [1.82, 2.24) is 9.97 Å². The quantitative estimate of drug-likeness (QED) is 0.399. The van der Waals surface area contributed by atoms with Gasteiger partial charge in [-0.15, -0.1) is 0 Å². The molecule has 0 bridgehead atoms. The second-order valence-electron chi connectivity index (χ2n) is 3.11. The van der Waals surface area contributed by atoms with Crippen LogP contribution in [-0.2, 0) is 10.1 Å². The molecular formula is C7H7N3O4S. The maximum absolute atomic E-state index is 10.9. The summed E-state index contributed by atoms with van der Waals surface area (Å²) in [5, 5.41) is 6.56. The highest BCUT2D eigenvalue weighted by atomic mass is 32.2. The van der Waals surface area contributed by atoms with Gasteiger partial charge in [-0.1, -0.05) is 0 Å². The summed E-state index contributed by atoms with van der Waals surface area (Å²) >= 11 is 0. The molecule has 0 amide bonds. The lowest BCUT2D eigenvalue weighted by Crippen LogP contribution is -2.39. The second kappa shape index (κ2) is 2.91. The summed E-state index contributed by atoms with van der Waals surface area (Å²) < 4.78 is 30.6. The molecule has 1 aliphatic rings. The summed E-state index contributed by atoms with van der Waals surface area (Å²) in [6.45, 7) is 0. The van der Waals surface area contributed by atoms with Crippen molar-refractivity contribution in [3.05, 3.63) is 21.2 Å². The molecule has 0 radical (unpaired) electrons. The molecule has 1 heterocycles. The lowest BCUT2D eigenvalue weighted by atomic mass is 10.1. The molecule has 0 saturated heterocycles. The van der Waals surface area contributed by atoms with Gasteiger partial charge in [0.15, 0.2) is 0 Å². The fourth-order valence-electron chi connectivity index (χ4n) is 1.38. The number of aromatic nitrogens is 2. The molecule has 4 N–H and O–H groups in total. The Hall–Kier alpha value is -1.67. The van der Waals surface area contributed by atoms with Crippen molar-refractivity contribution in [2.24, 2.45) is 0 Å². The largest absolute Gasteiger partial charge is 0.323 e. The first kappa shape index (κ1) is 9.87. The van der Waals surface area contributed by atoms with Crippen molar-refractivity contribution in [2.45, 2.75) is 5.25 Å². The van der Waals surface area contributed by atoms with Crippen LogP contribution in [0.25, 0.3) is 12.2 Å². The number of H-pyrrole nitrogens is 2. The summed E-state index contributed by atoms with van der Waals surface area (Å²) in [4.78, 5) is 15.6. The Balaban J connectivity index is 2.77. The van der Waals surface area contributed by atoms with Crippen LogP contribution in [0.4, 0.5) is 0 Å². The minimum absolute atomic E-state index is 0.263. The molecule has 0 spiro atoms. The van der Waals surface area contributed by atoms with E-state index < -0.39 is 21.1 Å². The molecule has 0 fully saturated rings. The monoisotopic (exact) mass is 229 g/mol. The van der Waals surface area contributed by atoms with E-state index in [1.807, 2.05) is 0 Å². The first-order chi connectivity index (χ1) is 6.88. The zero-order valence-electron chi connectivity index (χ0n) is 7.31. The minimum atomic E-state index is -4.36. The highest BCUT2D eigenvalue weighted by molar-refractivity contribution is 7.87. The van der Waals surface area contributed by atoms with Gasteiger partial charge in [-0.3, -0.25) is 4.55 Å². The fourth-order valence-corrected chi connectivity index (χ4v) is 2.08. The number of nitrogens with one attached hydrogen (secondary N) is 3. The van der Waals surface area contributed by atoms with E-state index in [0.717, 1.165) is 6.08 Å². The van der Waals surface area contributed by atoms with Crippen LogP contribution in [0.5, 0.6) is 0 Å². The highest BCUT2D eigenvalue weighted by Crippen LogP contribution is 2.04. The van der Waals surface area contributed by atoms with E-state index in [-0.39, 0.29) is 11.1 Å². The van der Waals surface area contributed by atoms with E-state index in [2.05, 4.69) is 9.97 Å². The molecule has 80 valence electrons. The first-order valence-electron chi connectivity index (χ1n) is 3.94. The molecule has 1 unspecified atom stereocenters. The van der Waals surface area contributed by atoms with Crippen molar-refractivity contribution >= 4 is 28.0 Å². The van der Waals surface area contributed by atoms with E-state index in [1.54, 1.807) is 0 Å². The van der Waals surface area contributed by atoms with E-state index in [1.165, 1.54) is 6.08 Å². The minimum Gasteiger partial charge on any atom is -0.306 e. The Morgan fingerprint density at radius 2 is 1.93 bits per heavy atom. The van der Waals surface area contributed by atoms with Gasteiger partial charge in [-0.05, 0) is 12.2 Å². The van der Waals surface area contributed by atoms with Gasteiger partial charge in [-0.2, -0.15) is 8.42 Å². The summed E-state index contributed by atoms with van der Waals surface area (Å²) in [7, 11) is -4.36. The molecule has 15 heavy (non-hydrogen) atoms. The molecule has 0 saturated carbocycles. The molecule has 8 heteroatoms. The molecule has 2 rings (SSSR count). The molecule has 1 atom stereocenters. The third-order valence-corrected chi connectivity index (χ3v) is 3.06. The van der Waals surface area contributed by atoms with Gasteiger partial charge in [0.05, 0.1) is 16.4 Å². The van der Waals surface area contributed by atoms with E-state index in [0.29, 0.717) is 5.35 Å². The molecule has 1 aromatic heterocycles. The standard InChI is InChI=1S/C7H7N3O4S/c8-3-1-4-5(10-7(11)9-4)2-6(3)15(12,13)14/h1-2,6,8H,(H2,9,10,11)(H,12,13,14). The van der Waals surface area contributed by atoms with Crippen LogP contribution in [0, 0.1) is 5.41 Å². The van der Waals surface area contributed by atoms with Gasteiger partial charge in [0, 0.05) is 0 Å². The Labute approximate surface area is 83.4 Å². The maximum Gasteiger partial charge on any atom is 0.323 e. The van der Waals surface area contributed by atoms with Crippen LogP contribution in [0.15, 0.2) is 4.79 Å². The van der Waals surface area contributed by atoms with Crippen molar-refractivity contribution in [1.29, 1.82) is 5.41 Å². The Morgan fingerprint density at radius 1 is 1.33 bits per heavy atom. The number of hydrogen-bond donors (Lipinski definition) is 4. The average molecular weight is 229 g/mol. The van der Waals surface area contributed by atoms with Crippen LogP contribution in [0.2, 0.25) is 0 Å². The number of hydrogen-bond acceptors (Lipinski definition) is 4. The predicted octanol–water partition coefficient (Wildman–Crippen LogP) is -2.45.